The van der Waals surface area contributed by atoms with Gasteiger partial charge in [0.05, 0.1) is 6.54 Å². The molecular weight excluding hydrogens is 326 g/mol. The van der Waals surface area contributed by atoms with Crippen LogP contribution in [0.5, 0.6) is 0 Å². The topological polar surface area (TPSA) is 12.1 Å². The second kappa shape index (κ2) is 9.74. The molecule has 0 N–H and O–H groups in total. The first-order valence-corrected chi connectivity index (χ1v) is 7.63. The summed E-state index contributed by atoms with van der Waals surface area (Å²) in [6.45, 7) is 9.98. The lowest BCUT2D eigenvalue weighted by Crippen LogP contribution is -3.00. The molecule has 0 aliphatic carbocycles. The Morgan fingerprint density at radius 1 is 1.10 bits per heavy atom. The summed E-state index contributed by atoms with van der Waals surface area (Å²) in [6.07, 6.45) is 7.74. The smallest absolute Gasteiger partial charge is 0.244 e. The maximum Gasteiger partial charge on any atom is 0.244 e. The van der Waals surface area contributed by atoms with Crippen LogP contribution in [0.4, 0.5) is 0 Å². The molecule has 1 aromatic heterocycles. The van der Waals surface area contributed by atoms with Gasteiger partial charge in [-0.25, -0.2) is 9.13 Å². The van der Waals surface area contributed by atoms with Gasteiger partial charge in [0.1, 0.15) is 18.9 Å². The molecule has 1 heterocycles. The van der Waals surface area contributed by atoms with Crippen molar-refractivity contribution in [2.24, 2.45) is 0 Å². The zero-order valence-corrected chi connectivity index (χ0v) is 14.7. The fourth-order valence-corrected chi connectivity index (χ4v) is 2.48. The molecule has 0 aliphatic heterocycles. The van der Waals surface area contributed by atoms with Crippen molar-refractivity contribution in [1.82, 2.24) is 9.47 Å². The van der Waals surface area contributed by atoms with Gasteiger partial charge in [0.2, 0.25) is 6.33 Å². The summed E-state index contributed by atoms with van der Waals surface area (Å²) in [6, 6.07) is 10.6. The maximum atomic E-state index is 2.47. The van der Waals surface area contributed by atoms with E-state index in [0.29, 0.717) is 0 Å². The Bertz CT molecular complexity index is 492. The van der Waals surface area contributed by atoms with Gasteiger partial charge < -0.3 is 21.9 Å². The first-order chi connectivity index (χ1) is 9.81. The van der Waals surface area contributed by atoms with E-state index in [0.717, 1.165) is 26.2 Å². The Morgan fingerprint density at radius 2 is 1.81 bits per heavy atom. The van der Waals surface area contributed by atoms with Gasteiger partial charge in [0, 0.05) is 6.54 Å². The largest absolute Gasteiger partial charge is 1.00 e. The molecule has 0 spiro atoms. The highest BCUT2D eigenvalue weighted by molar-refractivity contribution is 5.13. The van der Waals surface area contributed by atoms with Crippen molar-refractivity contribution in [2.45, 2.75) is 33.4 Å². The molecule has 0 bridgehead atoms. The first kappa shape index (κ1) is 17.9. The van der Waals surface area contributed by atoms with Gasteiger partial charge in [-0.2, -0.15) is 0 Å². The molecule has 2 aromatic rings. The summed E-state index contributed by atoms with van der Waals surface area (Å²) in [7, 11) is 0. The van der Waals surface area contributed by atoms with Crippen LogP contribution in [0.15, 0.2) is 49.1 Å². The molecule has 0 unspecified atom stereocenters. The van der Waals surface area contributed by atoms with E-state index in [9.17, 15) is 0 Å². The SMILES string of the molecule is CCN(CC)CCCn1cc[n+](Cc2ccccc2)c1.[Br-]. The minimum absolute atomic E-state index is 0. The van der Waals surface area contributed by atoms with Crippen LogP contribution in [0, 0.1) is 0 Å². The third kappa shape index (κ3) is 6.02. The van der Waals surface area contributed by atoms with E-state index in [4.69, 9.17) is 0 Å². The van der Waals surface area contributed by atoms with Crippen molar-refractivity contribution in [3.05, 3.63) is 54.6 Å². The average molecular weight is 352 g/mol. The molecular formula is C17H26BrN3. The third-order valence-corrected chi connectivity index (χ3v) is 3.74. The standard InChI is InChI=1S/C17H26N3.BrH/c1-3-18(4-2)11-8-12-19-13-14-20(16-19)15-17-9-6-5-7-10-17;/h5-7,9-10,13-14,16H,3-4,8,11-12,15H2,1-2H3;1H/q+1;/p-1. The summed E-state index contributed by atoms with van der Waals surface area (Å²) in [5.74, 6) is 0. The van der Waals surface area contributed by atoms with E-state index >= 15 is 0 Å². The van der Waals surface area contributed by atoms with Gasteiger partial charge in [0.15, 0.2) is 0 Å². The van der Waals surface area contributed by atoms with Crippen molar-refractivity contribution in [2.75, 3.05) is 19.6 Å². The van der Waals surface area contributed by atoms with E-state index in [-0.39, 0.29) is 17.0 Å². The number of nitrogens with zero attached hydrogens (tertiary/aromatic N) is 3. The molecule has 116 valence electrons. The lowest BCUT2D eigenvalue weighted by atomic mass is 10.2. The number of halogens is 1. The summed E-state index contributed by atoms with van der Waals surface area (Å²) >= 11 is 0. The fraction of sp³-hybridized carbons (Fsp3) is 0.471. The quantitative estimate of drug-likeness (QED) is 0.587. The minimum atomic E-state index is 0. The third-order valence-electron chi connectivity index (χ3n) is 3.74. The van der Waals surface area contributed by atoms with Crippen molar-refractivity contribution in [3.8, 4) is 0 Å². The monoisotopic (exact) mass is 351 g/mol. The van der Waals surface area contributed by atoms with Crippen LogP contribution in [0.3, 0.4) is 0 Å². The molecule has 0 fully saturated rings. The summed E-state index contributed by atoms with van der Waals surface area (Å²) in [5.41, 5.74) is 1.35. The highest BCUT2D eigenvalue weighted by Crippen LogP contribution is 1.98. The Kier molecular flexibility index (Phi) is 8.31. The molecule has 0 amide bonds. The number of imidazole rings is 1. The normalized spacial score (nSPS) is 10.6. The zero-order valence-electron chi connectivity index (χ0n) is 13.1. The van der Waals surface area contributed by atoms with Gasteiger partial charge >= 0.3 is 0 Å². The molecule has 1 aromatic carbocycles. The van der Waals surface area contributed by atoms with Gasteiger partial charge in [-0.05, 0) is 25.1 Å². The lowest BCUT2D eigenvalue weighted by molar-refractivity contribution is -0.687. The van der Waals surface area contributed by atoms with E-state index in [2.05, 4.69) is 76.9 Å². The molecule has 21 heavy (non-hydrogen) atoms. The van der Waals surface area contributed by atoms with Crippen molar-refractivity contribution >= 4 is 0 Å². The number of benzene rings is 1. The summed E-state index contributed by atoms with van der Waals surface area (Å²) in [4.78, 5) is 2.47. The fourth-order valence-electron chi connectivity index (χ4n) is 2.48. The molecule has 0 aliphatic rings. The summed E-state index contributed by atoms with van der Waals surface area (Å²) in [5, 5.41) is 0. The molecule has 0 saturated heterocycles. The van der Waals surface area contributed by atoms with Crippen molar-refractivity contribution in [3.63, 3.8) is 0 Å². The Labute approximate surface area is 139 Å². The van der Waals surface area contributed by atoms with Crippen LogP contribution in [0.1, 0.15) is 25.8 Å². The number of hydrogen-bond acceptors (Lipinski definition) is 1. The van der Waals surface area contributed by atoms with Gasteiger partial charge in [0.25, 0.3) is 0 Å². The first-order valence-electron chi connectivity index (χ1n) is 7.63. The molecule has 3 nitrogen and oxygen atoms in total. The Hall–Kier alpha value is -1.13. The summed E-state index contributed by atoms with van der Waals surface area (Å²) < 4.78 is 4.53. The number of aryl methyl sites for hydroxylation is 1. The minimum Gasteiger partial charge on any atom is -1.00 e. The predicted molar refractivity (Wildman–Crippen MR) is 82.6 cm³/mol. The highest BCUT2D eigenvalue weighted by Gasteiger charge is 2.05. The average Bonchev–Trinajstić information content (AvgIpc) is 2.92. The van der Waals surface area contributed by atoms with E-state index in [1.165, 1.54) is 18.5 Å². The van der Waals surface area contributed by atoms with Crippen molar-refractivity contribution < 1.29 is 21.5 Å². The van der Waals surface area contributed by atoms with Gasteiger partial charge in [-0.1, -0.05) is 44.2 Å². The number of rotatable bonds is 8. The second-order valence-electron chi connectivity index (χ2n) is 5.19. The molecule has 2 rings (SSSR count). The lowest BCUT2D eigenvalue weighted by Gasteiger charge is -2.16. The Morgan fingerprint density at radius 3 is 2.48 bits per heavy atom. The molecule has 0 atom stereocenters. The molecule has 0 saturated carbocycles. The molecule has 4 heteroatoms. The van der Waals surface area contributed by atoms with Gasteiger partial charge in [-0.15, -0.1) is 0 Å². The highest BCUT2D eigenvalue weighted by atomic mass is 79.9. The van der Waals surface area contributed by atoms with Crippen LogP contribution >= 0.6 is 0 Å². The van der Waals surface area contributed by atoms with Crippen LogP contribution in [-0.2, 0) is 13.1 Å². The van der Waals surface area contributed by atoms with Crippen LogP contribution in [0.25, 0.3) is 0 Å². The Balaban J connectivity index is 0.00000220. The van der Waals surface area contributed by atoms with Gasteiger partial charge in [-0.3, -0.25) is 0 Å². The van der Waals surface area contributed by atoms with E-state index in [1.807, 2.05) is 0 Å². The van der Waals surface area contributed by atoms with Crippen LogP contribution in [-0.4, -0.2) is 29.1 Å². The van der Waals surface area contributed by atoms with Crippen LogP contribution in [0.2, 0.25) is 0 Å². The number of hydrogen-bond donors (Lipinski definition) is 0. The maximum absolute atomic E-state index is 2.47. The van der Waals surface area contributed by atoms with Crippen molar-refractivity contribution in [1.29, 1.82) is 0 Å². The number of aromatic nitrogens is 2. The van der Waals surface area contributed by atoms with E-state index < -0.39 is 0 Å². The second-order valence-corrected chi connectivity index (χ2v) is 5.19. The predicted octanol–water partition coefficient (Wildman–Crippen LogP) is -0.440. The molecule has 0 radical (unpaired) electrons. The van der Waals surface area contributed by atoms with Crippen LogP contribution < -0.4 is 21.5 Å². The zero-order chi connectivity index (χ0) is 14.2. The van der Waals surface area contributed by atoms with E-state index in [1.54, 1.807) is 0 Å².